The Labute approximate surface area is 224 Å². The summed E-state index contributed by atoms with van der Waals surface area (Å²) < 4.78 is 46.7. The van der Waals surface area contributed by atoms with E-state index >= 15 is 0 Å². The molecule has 2 fully saturated rings. The zero-order chi connectivity index (χ0) is 26.2. The van der Waals surface area contributed by atoms with Crippen LogP contribution in [0, 0.1) is 12.7 Å². The van der Waals surface area contributed by atoms with Gasteiger partial charge in [-0.25, -0.2) is 12.8 Å². The highest BCUT2D eigenvalue weighted by Gasteiger charge is 2.35. The highest BCUT2D eigenvalue weighted by molar-refractivity contribution is 8.26. The third kappa shape index (κ3) is 5.34. The molecule has 0 bridgehead atoms. The van der Waals surface area contributed by atoms with Gasteiger partial charge in [-0.2, -0.15) is 4.98 Å². The first-order valence-corrected chi connectivity index (χ1v) is 14.5. The van der Waals surface area contributed by atoms with E-state index in [0.29, 0.717) is 17.4 Å². The van der Waals surface area contributed by atoms with E-state index < -0.39 is 9.84 Å². The molecule has 192 valence electrons. The summed E-state index contributed by atoms with van der Waals surface area (Å²) in [5.74, 6) is -0.499. The number of nitrogens with zero attached hydrogens (tertiary/aromatic N) is 3. The molecule has 0 radical (unpaired) electrons. The summed E-state index contributed by atoms with van der Waals surface area (Å²) in [5.41, 5.74) is 1.67. The van der Waals surface area contributed by atoms with Crippen molar-refractivity contribution < 1.29 is 22.0 Å². The molecule has 2 aromatic carbocycles. The highest BCUT2D eigenvalue weighted by atomic mass is 32.2. The van der Waals surface area contributed by atoms with Crippen molar-refractivity contribution in [3.63, 3.8) is 0 Å². The van der Waals surface area contributed by atoms with E-state index in [1.165, 1.54) is 23.1 Å². The lowest BCUT2D eigenvalue weighted by Crippen LogP contribution is -2.30. The first-order chi connectivity index (χ1) is 17.7. The first-order valence-electron chi connectivity index (χ1n) is 11.8. The van der Waals surface area contributed by atoms with E-state index in [1.807, 2.05) is 11.8 Å². The van der Waals surface area contributed by atoms with Crippen LogP contribution in [-0.4, -0.2) is 41.6 Å². The van der Waals surface area contributed by atoms with Crippen molar-refractivity contribution >= 4 is 56.0 Å². The number of benzene rings is 2. The van der Waals surface area contributed by atoms with Gasteiger partial charge < -0.3 is 9.32 Å². The number of halogens is 1. The minimum absolute atomic E-state index is 0.0218. The number of piperidine rings is 1. The van der Waals surface area contributed by atoms with Crippen molar-refractivity contribution in [3.8, 4) is 0 Å². The fourth-order valence-electron chi connectivity index (χ4n) is 4.20. The van der Waals surface area contributed by atoms with Gasteiger partial charge in [0.2, 0.25) is 26.6 Å². The van der Waals surface area contributed by atoms with Crippen molar-refractivity contribution in [3.05, 3.63) is 76.3 Å². The second kappa shape index (κ2) is 10.4. The number of rotatable bonds is 6. The molecule has 0 unspecified atom stereocenters. The molecule has 3 aromatic rings. The molecule has 0 saturated carbocycles. The third-order valence-electron chi connectivity index (χ3n) is 6.21. The number of thiocarbonyl (C=S) groups is 1. The second-order valence-electron chi connectivity index (χ2n) is 8.92. The van der Waals surface area contributed by atoms with Crippen LogP contribution in [0.15, 0.2) is 67.8 Å². The van der Waals surface area contributed by atoms with Crippen molar-refractivity contribution in [1.29, 1.82) is 0 Å². The predicted octanol–water partition coefficient (Wildman–Crippen LogP) is 5.35. The van der Waals surface area contributed by atoms with E-state index in [1.54, 1.807) is 36.4 Å². The van der Waals surface area contributed by atoms with Crippen LogP contribution >= 0.6 is 24.0 Å². The zero-order valence-corrected chi connectivity index (χ0v) is 22.5. The summed E-state index contributed by atoms with van der Waals surface area (Å²) in [5, 5.41) is -0.161. The lowest BCUT2D eigenvalue weighted by Gasteiger charge is -2.26. The molecule has 2 aliphatic heterocycles. The number of anilines is 1. The molecule has 1 aromatic heterocycles. The Morgan fingerprint density at radius 2 is 1.76 bits per heavy atom. The summed E-state index contributed by atoms with van der Waals surface area (Å²) in [6.07, 6.45) is 4.34. The topological polar surface area (TPSA) is 83.7 Å². The van der Waals surface area contributed by atoms with Gasteiger partial charge in [0.15, 0.2) is 0 Å². The van der Waals surface area contributed by atoms with E-state index in [0.717, 1.165) is 42.2 Å². The van der Waals surface area contributed by atoms with Crippen molar-refractivity contribution in [2.24, 2.45) is 0 Å². The monoisotopic (exact) mass is 557 g/mol. The van der Waals surface area contributed by atoms with E-state index in [-0.39, 0.29) is 44.9 Å². The van der Waals surface area contributed by atoms with Gasteiger partial charge in [-0.3, -0.25) is 9.69 Å². The number of sulfone groups is 1. The lowest BCUT2D eigenvalue weighted by atomic mass is 10.1. The Morgan fingerprint density at radius 3 is 2.43 bits per heavy atom. The number of thioether (sulfide) groups is 1. The van der Waals surface area contributed by atoms with Gasteiger partial charge in [0.05, 0.1) is 16.3 Å². The largest absolute Gasteiger partial charge is 0.420 e. The minimum Gasteiger partial charge on any atom is -0.420 e. The average molecular weight is 558 g/mol. The van der Waals surface area contributed by atoms with Crippen LogP contribution in [-0.2, 0) is 21.2 Å². The molecule has 5 rings (SSSR count). The van der Waals surface area contributed by atoms with Crippen LogP contribution in [0.5, 0.6) is 0 Å². The van der Waals surface area contributed by atoms with Crippen LogP contribution in [0.4, 0.5) is 10.3 Å². The number of amides is 1. The summed E-state index contributed by atoms with van der Waals surface area (Å²) in [6, 6.07) is 12.4. The third-order valence-corrected chi connectivity index (χ3v) is 9.25. The van der Waals surface area contributed by atoms with E-state index in [4.69, 9.17) is 16.6 Å². The normalized spacial score (nSPS) is 17.7. The average Bonchev–Trinajstić information content (AvgIpc) is 3.43. The Morgan fingerprint density at radius 1 is 1.08 bits per heavy atom. The zero-order valence-electron chi connectivity index (χ0n) is 20.0. The summed E-state index contributed by atoms with van der Waals surface area (Å²) in [6.45, 7) is 3.39. The molecule has 0 atom stereocenters. The van der Waals surface area contributed by atoms with Crippen LogP contribution in [0.1, 0.15) is 36.3 Å². The maximum Gasteiger partial charge on any atom is 0.266 e. The number of carbonyl (C=O) groups is 1. The molecule has 2 saturated heterocycles. The van der Waals surface area contributed by atoms with Gasteiger partial charge >= 0.3 is 0 Å². The second-order valence-corrected chi connectivity index (χ2v) is 12.5. The molecule has 11 heteroatoms. The molecule has 37 heavy (non-hydrogen) atoms. The standard InChI is InChI=1S/C26H24FN3O4S3/c1-17-5-11-20(12-6-17)37(32,33)23-25(29-13-3-2-4-14-29)34-22(28-23)15-21-24(31)30(26(35)36-21)16-18-7-9-19(27)10-8-18/h5-12,15H,2-4,13-14,16H2,1H3. The lowest BCUT2D eigenvalue weighted by molar-refractivity contribution is -0.122. The maximum absolute atomic E-state index is 13.6. The van der Waals surface area contributed by atoms with Crippen LogP contribution in [0.25, 0.3) is 6.08 Å². The molecule has 2 aliphatic rings. The number of aromatic nitrogens is 1. The van der Waals surface area contributed by atoms with Crippen LogP contribution in [0.2, 0.25) is 0 Å². The fraction of sp³-hybridized carbons (Fsp3) is 0.269. The molecular formula is C26H24FN3O4S3. The fourth-order valence-corrected chi connectivity index (χ4v) is 6.75. The highest BCUT2D eigenvalue weighted by Crippen LogP contribution is 2.37. The van der Waals surface area contributed by atoms with Gasteiger partial charge in [-0.05, 0) is 56.0 Å². The Balaban J connectivity index is 1.48. The first kappa shape index (κ1) is 25.6. The minimum atomic E-state index is -3.96. The summed E-state index contributed by atoms with van der Waals surface area (Å²) >= 11 is 6.49. The van der Waals surface area contributed by atoms with Gasteiger partial charge in [-0.15, -0.1) is 0 Å². The summed E-state index contributed by atoms with van der Waals surface area (Å²) in [7, 11) is -3.96. The van der Waals surface area contributed by atoms with Gasteiger partial charge in [0.25, 0.3) is 5.91 Å². The molecule has 7 nitrogen and oxygen atoms in total. The van der Waals surface area contributed by atoms with Gasteiger partial charge in [0.1, 0.15) is 10.1 Å². The van der Waals surface area contributed by atoms with Gasteiger partial charge in [-0.1, -0.05) is 53.8 Å². The number of hydrogen-bond acceptors (Lipinski definition) is 8. The Kier molecular flexibility index (Phi) is 7.19. The molecule has 0 spiro atoms. The van der Waals surface area contributed by atoms with Crippen LogP contribution < -0.4 is 4.90 Å². The SMILES string of the molecule is Cc1ccc(S(=O)(=O)c2nc(C=C3SC(=S)N(Cc4ccc(F)cc4)C3=O)oc2N2CCCCC2)cc1. The molecular weight excluding hydrogens is 534 g/mol. The quantitative estimate of drug-likeness (QED) is 0.296. The van der Waals surface area contributed by atoms with Gasteiger partial charge in [0, 0.05) is 19.2 Å². The van der Waals surface area contributed by atoms with Crippen molar-refractivity contribution in [1.82, 2.24) is 9.88 Å². The smallest absolute Gasteiger partial charge is 0.266 e. The number of oxazole rings is 1. The maximum atomic E-state index is 13.6. The molecule has 0 aliphatic carbocycles. The van der Waals surface area contributed by atoms with Crippen LogP contribution in [0.3, 0.4) is 0 Å². The predicted molar refractivity (Wildman–Crippen MR) is 144 cm³/mol. The Bertz CT molecular complexity index is 1480. The van der Waals surface area contributed by atoms with Crippen molar-refractivity contribution in [2.75, 3.05) is 18.0 Å². The molecule has 3 heterocycles. The molecule has 0 N–H and O–H groups in total. The molecule has 1 amide bonds. The van der Waals surface area contributed by atoms with E-state index in [9.17, 15) is 17.6 Å². The summed E-state index contributed by atoms with van der Waals surface area (Å²) in [4.78, 5) is 21.2. The van der Waals surface area contributed by atoms with Crippen molar-refractivity contribution in [2.45, 2.75) is 42.7 Å². The number of aryl methyl sites for hydroxylation is 1. The number of hydrogen-bond donors (Lipinski definition) is 0. The number of carbonyl (C=O) groups excluding carboxylic acids is 1. The van der Waals surface area contributed by atoms with E-state index in [2.05, 4.69) is 4.98 Å². The Hall–Kier alpha value is -3.02.